The molecule has 0 saturated carbocycles. The second kappa shape index (κ2) is 8.53. The number of hydrogen-bond acceptors (Lipinski definition) is 3. The van der Waals surface area contributed by atoms with Crippen molar-refractivity contribution < 1.29 is 13.9 Å². The highest BCUT2D eigenvalue weighted by molar-refractivity contribution is 5.80. The molecule has 0 radical (unpaired) electrons. The van der Waals surface area contributed by atoms with Gasteiger partial charge in [0.25, 0.3) is 5.91 Å². The molecule has 0 aliphatic carbocycles. The van der Waals surface area contributed by atoms with E-state index < -0.39 is 11.9 Å². The van der Waals surface area contributed by atoms with Gasteiger partial charge in [0, 0.05) is 13.1 Å². The van der Waals surface area contributed by atoms with E-state index in [0.717, 1.165) is 18.5 Å². The van der Waals surface area contributed by atoms with Crippen LogP contribution in [0.25, 0.3) is 0 Å². The van der Waals surface area contributed by atoms with Crippen molar-refractivity contribution >= 4 is 5.91 Å². The molecule has 1 aromatic rings. The first kappa shape index (κ1) is 16.4. The van der Waals surface area contributed by atoms with Crippen molar-refractivity contribution in [1.82, 2.24) is 10.6 Å². The molecule has 20 heavy (non-hydrogen) atoms. The Kier molecular flexibility index (Phi) is 7.01. The van der Waals surface area contributed by atoms with Crippen LogP contribution >= 0.6 is 0 Å². The van der Waals surface area contributed by atoms with Crippen LogP contribution in [0, 0.1) is 5.82 Å². The van der Waals surface area contributed by atoms with E-state index in [1.165, 1.54) is 6.07 Å². The molecule has 0 saturated heterocycles. The molecule has 0 aromatic heterocycles. The number of ether oxygens (including phenoxy) is 1. The van der Waals surface area contributed by atoms with Crippen LogP contribution in [-0.4, -0.2) is 25.1 Å². The molecular weight excluding hydrogens is 259 g/mol. The Morgan fingerprint density at radius 1 is 1.40 bits per heavy atom. The van der Waals surface area contributed by atoms with Crippen LogP contribution < -0.4 is 15.4 Å². The van der Waals surface area contributed by atoms with Gasteiger partial charge in [-0.15, -0.1) is 0 Å². The quantitative estimate of drug-likeness (QED) is 0.769. The summed E-state index contributed by atoms with van der Waals surface area (Å²) < 4.78 is 19.2. The van der Waals surface area contributed by atoms with Crippen LogP contribution in [0.15, 0.2) is 18.2 Å². The number of carbonyl (C=O) groups excluding carboxylic acids is 1. The number of nitrogens with one attached hydrogen (secondary N) is 2. The molecule has 4 nitrogen and oxygen atoms in total. The summed E-state index contributed by atoms with van der Waals surface area (Å²) in [4.78, 5) is 11.7. The molecule has 0 fully saturated rings. The standard InChI is InChI=1S/C15H23FN2O2/c1-4-8-18-15(19)11(3)20-14-7-6-12(9-13(14)16)10-17-5-2/h6-7,9,11,17H,4-5,8,10H2,1-3H3,(H,18,19). The lowest BCUT2D eigenvalue weighted by Gasteiger charge is -2.15. The Morgan fingerprint density at radius 3 is 2.75 bits per heavy atom. The number of halogens is 1. The number of amides is 1. The van der Waals surface area contributed by atoms with Crippen LogP contribution in [0.3, 0.4) is 0 Å². The van der Waals surface area contributed by atoms with Gasteiger partial charge in [-0.1, -0.05) is 19.9 Å². The van der Waals surface area contributed by atoms with Gasteiger partial charge in [-0.25, -0.2) is 4.39 Å². The van der Waals surface area contributed by atoms with Crippen LogP contribution in [-0.2, 0) is 11.3 Å². The first-order valence-corrected chi connectivity index (χ1v) is 7.02. The molecule has 1 atom stereocenters. The minimum Gasteiger partial charge on any atom is -0.478 e. The SMILES string of the molecule is CCCNC(=O)C(C)Oc1ccc(CNCC)cc1F. The van der Waals surface area contributed by atoms with E-state index in [-0.39, 0.29) is 11.7 Å². The van der Waals surface area contributed by atoms with E-state index in [9.17, 15) is 9.18 Å². The molecule has 0 bridgehead atoms. The van der Waals surface area contributed by atoms with Crippen LogP contribution in [0.5, 0.6) is 5.75 Å². The molecule has 2 N–H and O–H groups in total. The smallest absolute Gasteiger partial charge is 0.260 e. The lowest BCUT2D eigenvalue weighted by molar-refractivity contribution is -0.127. The summed E-state index contributed by atoms with van der Waals surface area (Å²) >= 11 is 0. The first-order chi connectivity index (χ1) is 9.58. The summed E-state index contributed by atoms with van der Waals surface area (Å²) in [6.45, 7) is 7.60. The Labute approximate surface area is 119 Å². The zero-order valence-corrected chi connectivity index (χ0v) is 12.3. The zero-order valence-electron chi connectivity index (χ0n) is 12.3. The summed E-state index contributed by atoms with van der Waals surface area (Å²) in [6, 6.07) is 4.78. The van der Waals surface area contributed by atoms with Crippen molar-refractivity contribution in [3.63, 3.8) is 0 Å². The second-order valence-electron chi connectivity index (χ2n) is 4.60. The molecule has 1 unspecified atom stereocenters. The Morgan fingerprint density at radius 2 is 2.15 bits per heavy atom. The van der Waals surface area contributed by atoms with Crippen molar-refractivity contribution in [2.45, 2.75) is 39.8 Å². The highest BCUT2D eigenvalue weighted by atomic mass is 19.1. The predicted molar refractivity (Wildman–Crippen MR) is 77.2 cm³/mol. The van der Waals surface area contributed by atoms with Gasteiger partial charge in [0.05, 0.1) is 0 Å². The number of benzene rings is 1. The van der Waals surface area contributed by atoms with Gasteiger partial charge < -0.3 is 15.4 Å². The largest absolute Gasteiger partial charge is 0.478 e. The molecule has 1 aromatic carbocycles. The fourth-order valence-electron chi connectivity index (χ4n) is 1.66. The van der Waals surface area contributed by atoms with E-state index >= 15 is 0 Å². The molecule has 0 heterocycles. The van der Waals surface area contributed by atoms with E-state index in [1.54, 1.807) is 19.1 Å². The Bertz CT molecular complexity index is 438. The average molecular weight is 282 g/mol. The van der Waals surface area contributed by atoms with Gasteiger partial charge in [-0.2, -0.15) is 0 Å². The van der Waals surface area contributed by atoms with Gasteiger partial charge in [-0.3, -0.25) is 4.79 Å². The second-order valence-corrected chi connectivity index (χ2v) is 4.60. The molecule has 1 amide bonds. The van der Waals surface area contributed by atoms with Crippen molar-refractivity contribution in [3.05, 3.63) is 29.6 Å². The maximum atomic E-state index is 13.9. The topological polar surface area (TPSA) is 50.4 Å². The third kappa shape index (κ3) is 5.17. The summed E-state index contributed by atoms with van der Waals surface area (Å²) in [6.07, 6.45) is 0.141. The summed E-state index contributed by atoms with van der Waals surface area (Å²) in [7, 11) is 0. The number of hydrogen-bond donors (Lipinski definition) is 2. The maximum Gasteiger partial charge on any atom is 0.260 e. The highest BCUT2D eigenvalue weighted by Crippen LogP contribution is 2.19. The van der Waals surface area contributed by atoms with Crippen molar-refractivity contribution in [2.75, 3.05) is 13.1 Å². The van der Waals surface area contributed by atoms with E-state index in [1.807, 2.05) is 13.8 Å². The van der Waals surface area contributed by atoms with Gasteiger partial charge >= 0.3 is 0 Å². The van der Waals surface area contributed by atoms with Gasteiger partial charge in [-0.05, 0) is 37.6 Å². The molecule has 1 rings (SSSR count). The Balaban J connectivity index is 2.61. The van der Waals surface area contributed by atoms with Gasteiger partial charge in [0.2, 0.25) is 0 Å². The number of carbonyl (C=O) groups is 1. The average Bonchev–Trinajstić information content (AvgIpc) is 2.44. The molecule has 5 heteroatoms. The lowest BCUT2D eigenvalue weighted by atomic mass is 10.2. The van der Waals surface area contributed by atoms with Crippen molar-refractivity contribution in [3.8, 4) is 5.75 Å². The number of rotatable bonds is 8. The normalized spacial score (nSPS) is 12.0. The summed E-state index contributed by atoms with van der Waals surface area (Å²) in [5, 5.41) is 5.84. The lowest BCUT2D eigenvalue weighted by Crippen LogP contribution is -2.36. The van der Waals surface area contributed by atoms with Crippen LogP contribution in [0.1, 0.15) is 32.8 Å². The summed E-state index contributed by atoms with van der Waals surface area (Å²) in [5.74, 6) is -0.581. The van der Waals surface area contributed by atoms with Crippen LogP contribution in [0.4, 0.5) is 4.39 Å². The van der Waals surface area contributed by atoms with Crippen molar-refractivity contribution in [1.29, 1.82) is 0 Å². The first-order valence-electron chi connectivity index (χ1n) is 7.02. The van der Waals surface area contributed by atoms with Gasteiger partial charge in [0.1, 0.15) is 0 Å². The molecule has 112 valence electrons. The zero-order chi connectivity index (χ0) is 15.0. The highest BCUT2D eigenvalue weighted by Gasteiger charge is 2.16. The van der Waals surface area contributed by atoms with E-state index in [2.05, 4.69) is 10.6 Å². The summed E-state index contributed by atoms with van der Waals surface area (Å²) in [5.41, 5.74) is 0.847. The molecule has 0 spiro atoms. The monoisotopic (exact) mass is 282 g/mol. The van der Waals surface area contributed by atoms with E-state index in [4.69, 9.17) is 4.74 Å². The minimum absolute atomic E-state index is 0.101. The maximum absolute atomic E-state index is 13.9. The Hall–Kier alpha value is -1.62. The molecular formula is C15H23FN2O2. The third-order valence-corrected chi connectivity index (χ3v) is 2.80. The fourth-order valence-corrected chi connectivity index (χ4v) is 1.66. The predicted octanol–water partition coefficient (Wildman–Crippen LogP) is 2.23. The van der Waals surface area contributed by atoms with Crippen LogP contribution in [0.2, 0.25) is 0 Å². The van der Waals surface area contributed by atoms with Crippen molar-refractivity contribution in [2.24, 2.45) is 0 Å². The third-order valence-electron chi connectivity index (χ3n) is 2.80. The molecule has 0 aliphatic heterocycles. The minimum atomic E-state index is -0.712. The molecule has 0 aliphatic rings. The van der Waals surface area contributed by atoms with E-state index in [0.29, 0.717) is 13.1 Å². The fraction of sp³-hybridized carbons (Fsp3) is 0.533. The van der Waals surface area contributed by atoms with Gasteiger partial charge in [0.15, 0.2) is 17.7 Å².